The van der Waals surface area contributed by atoms with Gasteiger partial charge in [0.15, 0.2) is 0 Å². The zero-order chi connectivity index (χ0) is 13.5. The number of methoxy groups -OCH3 is 1. The van der Waals surface area contributed by atoms with Crippen LogP contribution in [0.4, 0.5) is 0 Å². The maximum Gasteiger partial charge on any atom is 0.321 e. The van der Waals surface area contributed by atoms with Crippen LogP contribution in [-0.4, -0.2) is 36.6 Å². The quantitative estimate of drug-likeness (QED) is 0.510. The van der Waals surface area contributed by atoms with Crippen LogP contribution in [0.25, 0.3) is 0 Å². The minimum absolute atomic E-state index is 0.189. The molecule has 0 saturated heterocycles. The minimum atomic E-state index is -0.534. The van der Waals surface area contributed by atoms with Gasteiger partial charge in [0.1, 0.15) is 4.83 Å². The molecule has 0 bridgehead atoms. The molecule has 0 fully saturated rings. The zero-order valence-corrected chi connectivity index (χ0v) is 12.5. The van der Waals surface area contributed by atoms with Gasteiger partial charge in [-0.2, -0.15) is 0 Å². The zero-order valence-electron chi connectivity index (χ0n) is 10.1. The molecule has 1 rings (SSSR count). The van der Waals surface area contributed by atoms with Crippen molar-refractivity contribution in [3.8, 4) is 0 Å². The van der Waals surface area contributed by atoms with E-state index in [1.165, 1.54) is 18.9 Å². The fraction of sp³-hybridized carbons (Fsp3) is 0.333. The van der Waals surface area contributed by atoms with Crippen LogP contribution in [0.15, 0.2) is 29.2 Å². The Bertz CT molecular complexity index is 439. The number of hydrogen-bond acceptors (Lipinski definition) is 4. The lowest BCUT2D eigenvalue weighted by Crippen LogP contribution is -2.34. The van der Waals surface area contributed by atoms with Gasteiger partial charge < -0.3 is 10.1 Å². The number of hydrogen-bond donors (Lipinski definition) is 1. The first-order valence-electron chi connectivity index (χ1n) is 5.23. The van der Waals surface area contributed by atoms with Gasteiger partial charge in [0.05, 0.1) is 12.7 Å². The van der Waals surface area contributed by atoms with Crippen LogP contribution < -0.4 is 5.32 Å². The Hall–Kier alpha value is -1.01. The molecule has 0 spiro atoms. The molecule has 98 valence electrons. The van der Waals surface area contributed by atoms with Gasteiger partial charge in [0, 0.05) is 11.4 Å². The Kier molecular flexibility index (Phi) is 6.21. The fourth-order valence-electron chi connectivity index (χ4n) is 1.32. The molecule has 1 aromatic carbocycles. The third-order valence-electron chi connectivity index (χ3n) is 2.25. The summed E-state index contributed by atoms with van der Waals surface area (Å²) in [7, 11) is 1.31. The Morgan fingerprint density at radius 2 is 2.11 bits per heavy atom. The maximum atomic E-state index is 11.9. The minimum Gasteiger partial charge on any atom is -0.468 e. The molecule has 0 aromatic heterocycles. The van der Waals surface area contributed by atoms with E-state index in [9.17, 15) is 9.59 Å². The van der Waals surface area contributed by atoms with Crippen LogP contribution in [0.2, 0.25) is 0 Å². The monoisotopic (exact) mass is 331 g/mol. The van der Waals surface area contributed by atoms with Crippen molar-refractivity contribution < 1.29 is 14.3 Å². The van der Waals surface area contributed by atoms with Crippen molar-refractivity contribution >= 4 is 39.6 Å². The van der Waals surface area contributed by atoms with E-state index < -0.39 is 10.8 Å². The summed E-state index contributed by atoms with van der Waals surface area (Å²) in [6.45, 7) is 0.189. The van der Waals surface area contributed by atoms with Gasteiger partial charge in [-0.25, -0.2) is 0 Å². The van der Waals surface area contributed by atoms with Gasteiger partial charge >= 0.3 is 5.97 Å². The summed E-state index contributed by atoms with van der Waals surface area (Å²) in [6, 6.07) is 7.32. The second kappa shape index (κ2) is 7.43. The number of esters is 1. The molecule has 0 radical (unpaired) electrons. The largest absolute Gasteiger partial charge is 0.468 e. The van der Waals surface area contributed by atoms with Crippen molar-refractivity contribution in [2.75, 3.05) is 19.9 Å². The number of carbonyl (C=O) groups is 2. The Morgan fingerprint density at radius 1 is 1.44 bits per heavy atom. The molecule has 1 unspecified atom stereocenters. The SMILES string of the molecule is COC(=O)C(Br)CNC(=O)c1ccccc1SC. The van der Waals surface area contributed by atoms with Crippen molar-refractivity contribution in [3.05, 3.63) is 29.8 Å². The summed E-state index contributed by atoms with van der Waals surface area (Å²) in [4.78, 5) is 23.5. The molecule has 1 amide bonds. The molecular formula is C12H14BrNO3S. The van der Waals surface area contributed by atoms with E-state index in [1.807, 2.05) is 18.4 Å². The average molecular weight is 332 g/mol. The fourth-order valence-corrected chi connectivity index (χ4v) is 2.27. The number of carbonyl (C=O) groups excluding carboxylic acids is 2. The van der Waals surface area contributed by atoms with Crippen LogP contribution >= 0.6 is 27.7 Å². The van der Waals surface area contributed by atoms with E-state index in [4.69, 9.17) is 0 Å². The summed E-state index contributed by atoms with van der Waals surface area (Å²) in [5.41, 5.74) is 0.606. The molecule has 0 aliphatic carbocycles. The van der Waals surface area contributed by atoms with Crippen LogP contribution in [0, 0.1) is 0 Å². The molecule has 1 N–H and O–H groups in total. The molecule has 1 aromatic rings. The van der Waals surface area contributed by atoms with Gasteiger partial charge in [-0.15, -0.1) is 11.8 Å². The summed E-state index contributed by atoms with van der Waals surface area (Å²) < 4.78 is 4.55. The summed E-state index contributed by atoms with van der Waals surface area (Å²) in [6.07, 6.45) is 1.91. The summed E-state index contributed by atoms with van der Waals surface area (Å²) in [5, 5.41) is 2.69. The number of thioether (sulfide) groups is 1. The maximum absolute atomic E-state index is 11.9. The van der Waals surface area contributed by atoms with E-state index in [-0.39, 0.29) is 12.5 Å². The molecular weight excluding hydrogens is 318 g/mol. The highest BCUT2D eigenvalue weighted by Crippen LogP contribution is 2.19. The van der Waals surface area contributed by atoms with Crippen molar-refractivity contribution in [2.45, 2.75) is 9.72 Å². The lowest BCUT2D eigenvalue weighted by molar-refractivity contribution is -0.139. The van der Waals surface area contributed by atoms with Crippen LogP contribution in [0.3, 0.4) is 0 Å². The van der Waals surface area contributed by atoms with Crippen molar-refractivity contribution in [1.82, 2.24) is 5.32 Å². The molecule has 0 aliphatic rings. The number of alkyl halides is 1. The van der Waals surface area contributed by atoms with Gasteiger partial charge in [-0.05, 0) is 18.4 Å². The Labute approximate surface area is 119 Å². The highest BCUT2D eigenvalue weighted by atomic mass is 79.9. The summed E-state index contributed by atoms with van der Waals surface area (Å²) >= 11 is 4.65. The lowest BCUT2D eigenvalue weighted by atomic mass is 10.2. The summed E-state index contributed by atoms with van der Waals surface area (Å²) in [5.74, 6) is -0.609. The van der Waals surface area contributed by atoms with Crippen molar-refractivity contribution in [1.29, 1.82) is 0 Å². The first-order valence-corrected chi connectivity index (χ1v) is 7.37. The number of amides is 1. The van der Waals surface area contributed by atoms with E-state index in [0.717, 1.165) is 4.90 Å². The first-order chi connectivity index (χ1) is 8.60. The van der Waals surface area contributed by atoms with E-state index in [2.05, 4.69) is 26.0 Å². The molecule has 6 heteroatoms. The molecule has 4 nitrogen and oxygen atoms in total. The third kappa shape index (κ3) is 4.03. The molecule has 1 atom stereocenters. The highest BCUT2D eigenvalue weighted by molar-refractivity contribution is 9.10. The molecule has 0 heterocycles. The topological polar surface area (TPSA) is 55.4 Å². The molecule has 0 saturated carbocycles. The van der Waals surface area contributed by atoms with Crippen molar-refractivity contribution in [3.63, 3.8) is 0 Å². The lowest BCUT2D eigenvalue weighted by Gasteiger charge is -2.11. The second-order valence-electron chi connectivity index (χ2n) is 3.40. The van der Waals surface area contributed by atoms with E-state index in [1.54, 1.807) is 12.1 Å². The molecule has 18 heavy (non-hydrogen) atoms. The smallest absolute Gasteiger partial charge is 0.321 e. The predicted octanol–water partition coefficient (Wildman–Crippen LogP) is 2.07. The number of nitrogens with one attached hydrogen (secondary N) is 1. The van der Waals surface area contributed by atoms with E-state index >= 15 is 0 Å². The average Bonchev–Trinajstić information content (AvgIpc) is 2.43. The van der Waals surface area contributed by atoms with Crippen LogP contribution in [-0.2, 0) is 9.53 Å². The van der Waals surface area contributed by atoms with Gasteiger partial charge in [0.2, 0.25) is 0 Å². The number of rotatable bonds is 5. The van der Waals surface area contributed by atoms with Gasteiger partial charge in [-0.3, -0.25) is 9.59 Å². The predicted molar refractivity (Wildman–Crippen MR) is 75.3 cm³/mol. The number of ether oxygens (including phenoxy) is 1. The highest BCUT2D eigenvalue weighted by Gasteiger charge is 2.17. The van der Waals surface area contributed by atoms with Crippen molar-refractivity contribution in [2.24, 2.45) is 0 Å². The van der Waals surface area contributed by atoms with Gasteiger partial charge in [-0.1, -0.05) is 28.1 Å². The second-order valence-corrected chi connectivity index (χ2v) is 5.35. The number of benzene rings is 1. The Morgan fingerprint density at radius 3 is 2.72 bits per heavy atom. The van der Waals surface area contributed by atoms with Crippen LogP contribution in [0.5, 0.6) is 0 Å². The Balaban J connectivity index is 2.63. The third-order valence-corrected chi connectivity index (χ3v) is 3.74. The first kappa shape index (κ1) is 15.0. The van der Waals surface area contributed by atoms with E-state index in [0.29, 0.717) is 5.56 Å². The number of halogens is 1. The van der Waals surface area contributed by atoms with Crippen LogP contribution in [0.1, 0.15) is 10.4 Å². The van der Waals surface area contributed by atoms with Gasteiger partial charge in [0.25, 0.3) is 5.91 Å². The molecule has 0 aliphatic heterocycles. The standard InChI is InChI=1S/C12H14BrNO3S/c1-17-12(16)9(13)7-14-11(15)8-5-3-4-6-10(8)18-2/h3-6,9H,7H2,1-2H3,(H,14,15). The normalized spacial score (nSPS) is 11.7.